The van der Waals surface area contributed by atoms with Gasteiger partial charge in [-0.3, -0.25) is 24.4 Å². The number of hydrogen-bond donors (Lipinski definition) is 3. The first-order valence-corrected chi connectivity index (χ1v) is 32.5. The summed E-state index contributed by atoms with van der Waals surface area (Å²) in [6.45, 7) is 16.8. The average molecular weight is 2130 g/mol. The molecule has 104 heavy (non-hydrogen) atoms. The molecule has 13 rings (SSSR count). The van der Waals surface area contributed by atoms with Crippen LogP contribution in [0.5, 0.6) is 0 Å². The number of aliphatic hydroxyl groups excluding tert-OH is 3. The molecule has 4 radical (unpaired) electrons. The number of rotatable bonds is 12. The van der Waals surface area contributed by atoms with Crippen LogP contribution in [0.1, 0.15) is 69.2 Å². The quantitative estimate of drug-likeness (QED) is 0.0587. The molecule has 0 bridgehead atoms. The maximum absolute atomic E-state index is 11.5. The van der Waals surface area contributed by atoms with E-state index in [1.807, 2.05) is 192 Å². The Morgan fingerprint density at radius 2 is 0.952 bits per heavy atom. The first-order chi connectivity index (χ1) is 47.8. The number of benzene rings is 5. The number of furan rings is 2. The fraction of sp³-hybridized carbons (Fsp3) is 0.183. The Balaban J connectivity index is 0.000000323. The summed E-state index contributed by atoms with van der Waals surface area (Å²) < 4.78 is 27.1. The molecule has 5 aromatic carbocycles. The number of allylic oxidation sites excluding steroid dienone is 6. The normalized spacial score (nSPS) is 10.8. The largest absolute Gasteiger partial charge is 0.535 e. The minimum Gasteiger partial charge on any atom is -0.535 e. The Morgan fingerprint density at radius 1 is 0.490 bits per heavy atom. The Kier molecular flexibility index (Phi) is 37.4. The van der Waals surface area contributed by atoms with Crippen molar-refractivity contribution in [1.29, 1.82) is 0 Å². The maximum atomic E-state index is 11.5. The van der Waals surface area contributed by atoms with E-state index in [1.165, 1.54) is 80.1 Å². The van der Waals surface area contributed by atoms with Crippen molar-refractivity contribution in [2.24, 2.45) is 32.0 Å². The zero-order valence-corrected chi connectivity index (χ0v) is 70.0. The minimum absolute atomic E-state index is 0. The predicted octanol–water partition coefficient (Wildman–Crippen LogP) is 20.1. The van der Waals surface area contributed by atoms with Crippen LogP contribution in [-0.4, -0.2) is 66.3 Å². The van der Waals surface area contributed by atoms with Gasteiger partial charge in [-0.1, -0.05) is 220 Å². The van der Waals surface area contributed by atoms with Crippen LogP contribution in [0.25, 0.3) is 101 Å². The predicted molar refractivity (Wildman–Crippen MR) is 394 cm³/mol. The van der Waals surface area contributed by atoms with Crippen molar-refractivity contribution in [3.05, 3.63) is 280 Å². The second-order valence-corrected chi connectivity index (χ2v) is 25.5. The van der Waals surface area contributed by atoms with Crippen molar-refractivity contribution in [3.63, 3.8) is 0 Å². The van der Waals surface area contributed by atoms with E-state index in [9.17, 15) is 19.5 Å². The molecule has 0 amide bonds. The van der Waals surface area contributed by atoms with Gasteiger partial charge in [-0.2, -0.15) is 12.1 Å². The molecule has 0 aliphatic rings. The van der Waals surface area contributed by atoms with Gasteiger partial charge in [-0.05, 0) is 80.8 Å². The summed E-state index contributed by atoms with van der Waals surface area (Å²) in [6, 6.07) is 61.7. The fourth-order valence-corrected chi connectivity index (χ4v) is 10.0. The number of nitrogens with zero attached hydrogens (tertiary/aromatic N) is 7. The van der Waals surface area contributed by atoms with E-state index in [0.717, 1.165) is 73.2 Å². The maximum Gasteiger partial charge on any atom is 0.167 e. The third kappa shape index (κ3) is 27.7. The smallest absolute Gasteiger partial charge is 0.167 e. The van der Waals surface area contributed by atoms with E-state index in [2.05, 4.69) is 105 Å². The van der Waals surface area contributed by atoms with E-state index in [-0.39, 0.29) is 120 Å². The summed E-state index contributed by atoms with van der Waals surface area (Å²) in [6.07, 6.45) is 22.4. The molecule has 550 valence electrons. The van der Waals surface area contributed by atoms with Gasteiger partial charge < -0.3 is 56.7 Å². The van der Waals surface area contributed by atoms with Crippen LogP contribution in [0.15, 0.2) is 273 Å². The number of carbonyl (C=O) groups is 3. The van der Waals surface area contributed by atoms with Gasteiger partial charge in [0.2, 0.25) is 0 Å². The molecule has 22 heteroatoms. The SMILES string of the molecule is CC(=O)C=C(C)O.CC(=O)C=C(C)O.CC(C)(C)C(=O)C=C(O)C(C)(C)C.Cn1c[c-]c(-c2ncco2)c1-c1ccccc1.Cn1cnc(-c2[c-]coc2-c2ccccc2)c1.Cn1cnc(-c2[c-]csc2-c2cccc(-c3ccccc3)c2)c1.[Ir].[Ir].[Ir].[Ir].[c-]1coc(-c2ccccc2)c1-c1cocn1. The number of imidazole rings is 2. The van der Waals surface area contributed by atoms with Crippen molar-refractivity contribution in [2.75, 3.05) is 0 Å². The minimum atomic E-state index is -0.417. The number of aliphatic hydroxyl groups is 3. The summed E-state index contributed by atoms with van der Waals surface area (Å²) in [5.74, 6) is 2.15. The molecule has 3 N–H and O–H groups in total. The van der Waals surface area contributed by atoms with Gasteiger partial charge in [0.25, 0.3) is 0 Å². The Morgan fingerprint density at radius 3 is 1.37 bits per heavy atom. The Hall–Kier alpha value is -9.29. The van der Waals surface area contributed by atoms with Crippen molar-refractivity contribution in [2.45, 2.75) is 69.2 Å². The second-order valence-electron chi connectivity index (χ2n) is 24.7. The van der Waals surface area contributed by atoms with Crippen LogP contribution >= 0.6 is 11.3 Å². The van der Waals surface area contributed by atoms with Gasteiger partial charge >= 0.3 is 0 Å². The number of ketones is 3. The van der Waals surface area contributed by atoms with Crippen LogP contribution in [0, 0.1) is 35.1 Å². The summed E-state index contributed by atoms with van der Waals surface area (Å²) >= 11 is 1.71. The monoisotopic (exact) mass is 2130 g/mol. The van der Waals surface area contributed by atoms with E-state index >= 15 is 0 Å². The Labute approximate surface area is 666 Å². The molecule has 17 nitrogen and oxygen atoms in total. The van der Waals surface area contributed by atoms with Crippen LogP contribution in [-0.2, 0) is 116 Å². The Bertz CT molecular complexity index is 4710. The number of carbonyl (C=O) groups excluding carboxylic acids is 3. The molecule has 0 fully saturated rings. The molecule has 0 aliphatic heterocycles. The summed E-state index contributed by atoms with van der Waals surface area (Å²) in [5, 5.41) is 28.3. The molecule has 0 saturated carbocycles. The number of hydrogen-bond acceptors (Lipinski definition) is 15. The van der Waals surface area contributed by atoms with Gasteiger partial charge in [-0.15, -0.1) is 34.4 Å². The van der Waals surface area contributed by atoms with Gasteiger partial charge in [-0.25, -0.2) is 11.3 Å². The van der Waals surface area contributed by atoms with Gasteiger partial charge in [0.15, 0.2) is 23.7 Å². The van der Waals surface area contributed by atoms with Crippen molar-refractivity contribution >= 4 is 28.7 Å². The standard InChI is InChI=1S/C20H15N2S.2C14H11N2O.C13H8NO2.C11H20O2.2C5H8O2.4Ir/c1-22-13-19(21-14-22)18-10-11-23-20(18)17-9-5-8-16(12-17)15-6-3-2-4-7-15;1-16-9-7-12(14-15-8-10-17-14)13(16)11-5-3-2-4-6-11;1-16-9-13(15-10-16)12-7-8-17-14(12)11-5-3-2-4-6-11;1-2-4-10(5-3-1)13-11(6-7-16-13)12-8-15-9-14-12;1-10(2,3)8(12)7-9(13)11(4,5)6;2*1-4(6)3-5(2)7;;;;/h2-9,11-14H,1H3;2*2-6,8-10H,1H3;1-5,7-9H;7,12H,1-6H3;2*3,6H,1-2H3;;;;/q4*-1;;;;;;;. The number of oxazole rings is 2. The van der Waals surface area contributed by atoms with Gasteiger partial charge in [0.05, 0.1) is 36.7 Å². The molecular formula is C82H81Ir4N7O10S-4. The molecule has 0 saturated heterocycles. The zero-order chi connectivity index (χ0) is 72.4. The van der Waals surface area contributed by atoms with Crippen LogP contribution in [0.3, 0.4) is 0 Å². The topological polar surface area (TPSA) is 231 Å². The third-order valence-electron chi connectivity index (χ3n) is 14.0. The van der Waals surface area contributed by atoms with Crippen LogP contribution in [0.4, 0.5) is 0 Å². The molecular weight excluding hydrogens is 2040 g/mol. The first kappa shape index (κ1) is 88.9. The molecule has 0 unspecified atom stereocenters. The molecule has 8 aromatic heterocycles. The molecule has 0 spiro atoms. The van der Waals surface area contributed by atoms with E-state index in [1.54, 1.807) is 42.7 Å². The van der Waals surface area contributed by atoms with E-state index < -0.39 is 5.41 Å². The molecule has 13 aromatic rings. The summed E-state index contributed by atoms with van der Waals surface area (Å²) in [7, 11) is 5.92. The van der Waals surface area contributed by atoms with Gasteiger partial charge in [0.1, 0.15) is 11.6 Å². The third-order valence-corrected chi connectivity index (χ3v) is 14.9. The molecule has 8 heterocycles. The van der Waals surface area contributed by atoms with Gasteiger partial charge in [0, 0.05) is 160 Å². The van der Waals surface area contributed by atoms with Crippen molar-refractivity contribution < 1.29 is 128 Å². The second kappa shape index (κ2) is 43.7. The number of thiophene rings is 1. The molecule has 0 atom stereocenters. The average Bonchev–Trinajstić information content (AvgIpc) is 1.68. The van der Waals surface area contributed by atoms with Crippen LogP contribution < -0.4 is 0 Å². The van der Waals surface area contributed by atoms with Crippen molar-refractivity contribution in [1.82, 2.24) is 33.6 Å². The van der Waals surface area contributed by atoms with Crippen LogP contribution in [0.2, 0.25) is 0 Å². The van der Waals surface area contributed by atoms with E-state index in [0.29, 0.717) is 5.89 Å². The number of aromatic nitrogens is 7. The molecule has 0 aliphatic carbocycles. The summed E-state index contributed by atoms with van der Waals surface area (Å²) in [5.41, 5.74) is 13.4. The first-order valence-electron chi connectivity index (χ1n) is 31.6. The summed E-state index contributed by atoms with van der Waals surface area (Å²) in [4.78, 5) is 49.8. The number of aryl methyl sites for hydroxylation is 3. The van der Waals surface area contributed by atoms with E-state index in [4.69, 9.17) is 27.9 Å². The zero-order valence-electron chi connectivity index (χ0n) is 59.6. The van der Waals surface area contributed by atoms with Crippen molar-refractivity contribution in [3.8, 4) is 101 Å². The fourth-order valence-electron chi connectivity index (χ4n) is 9.16.